The summed E-state index contributed by atoms with van der Waals surface area (Å²) < 4.78 is 1.02. The lowest BCUT2D eigenvalue weighted by Gasteiger charge is -2.34. The number of hydrogen-bond donors (Lipinski definition) is 1. The van der Waals surface area contributed by atoms with Crippen molar-refractivity contribution in [1.82, 2.24) is 5.48 Å². The molecular formula is C15H33ClN2O. The summed E-state index contributed by atoms with van der Waals surface area (Å²) in [7, 11) is 4.55. The largest absolute Gasteiger partial charge is 1.00 e. The normalized spacial score (nSPS) is 13.5. The van der Waals surface area contributed by atoms with Gasteiger partial charge in [-0.3, -0.25) is 0 Å². The first-order valence-corrected chi connectivity index (χ1v) is 7.34. The highest BCUT2D eigenvalue weighted by molar-refractivity contribution is 4.83. The van der Waals surface area contributed by atoms with Crippen LogP contribution in [0.3, 0.4) is 0 Å². The standard InChI is InChI=1S/C15H33N2O.ClH/c1-6-8-9-12-16-18-14-10-13-17(4,5)15(3)11-7-2;/h7,11,15-16H,6,8-10,12-14H2,1-5H3;1H/q+1;/p-1. The SMILES string of the molecule is CC=CC(C)[N+](C)(C)CCCONCCCCC.[Cl-]. The Balaban J connectivity index is 0. The fourth-order valence-electron chi connectivity index (χ4n) is 1.85. The maximum absolute atomic E-state index is 5.44. The van der Waals surface area contributed by atoms with Gasteiger partial charge in [0, 0.05) is 13.0 Å². The van der Waals surface area contributed by atoms with E-state index in [0.717, 1.165) is 30.6 Å². The maximum Gasteiger partial charge on any atom is 0.104 e. The number of likely N-dealkylation sites (N-methyl/N-ethyl adjacent to an activating group) is 1. The molecule has 0 radical (unpaired) electrons. The van der Waals surface area contributed by atoms with Gasteiger partial charge < -0.3 is 21.7 Å². The molecule has 0 heterocycles. The Bertz CT molecular complexity index is 220. The Kier molecular flexibility index (Phi) is 14.4. The first kappa shape index (κ1) is 21.2. The third-order valence-corrected chi connectivity index (χ3v) is 3.54. The number of hydrogen-bond acceptors (Lipinski definition) is 2. The van der Waals surface area contributed by atoms with E-state index in [0.29, 0.717) is 6.04 Å². The van der Waals surface area contributed by atoms with Crippen molar-refractivity contribution in [2.24, 2.45) is 0 Å². The zero-order valence-corrected chi connectivity index (χ0v) is 14.2. The topological polar surface area (TPSA) is 21.3 Å². The van der Waals surface area contributed by atoms with E-state index in [2.05, 4.69) is 52.5 Å². The van der Waals surface area contributed by atoms with Gasteiger partial charge in [0.05, 0.1) is 27.2 Å². The summed E-state index contributed by atoms with van der Waals surface area (Å²) in [6.07, 6.45) is 9.24. The zero-order valence-electron chi connectivity index (χ0n) is 13.4. The molecule has 4 heteroatoms. The molecule has 0 amide bonds. The van der Waals surface area contributed by atoms with Crippen LogP contribution < -0.4 is 17.9 Å². The van der Waals surface area contributed by atoms with E-state index in [1.165, 1.54) is 19.3 Å². The van der Waals surface area contributed by atoms with E-state index < -0.39 is 0 Å². The Hall–Kier alpha value is -0.0900. The van der Waals surface area contributed by atoms with Gasteiger partial charge >= 0.3 is 0 Å². The van der Waals surface area contributed by atoms with Gasteiger partial charge in [-0.25, -0.2) is 5.48 Å². The third-order valence-electron chi connectivity index (χ3n) is 3.54. The molecule has 0 saturated carbocycles. The molecule has 0 aliphatic carbocycles. The van der Waals surface area contributed by atoms with Crippen LogP contribution in [0.15, 0.2) is 12.2 Å². The summed E-state index contributed by atoms with van der Waals surface area (Å²) >= 11 is 0. The number of quaternary nitrogens is 1. The van der Waals surface area contributed by atoms with Crippen molar-refractivity contribution >= 4 is 0 Å². The van der Waals surface area contributed by atoms with Gasteiger partial charge in [0.2, 0.25) is 0 Å². The van der Waals surface area contributed by atoms with E-state index in [1.807, 2.05) is 0 Å². The van der Waals surface area contributed by atoms with Crippen molar-refractivity contribution in [3.05, 3.63) is 12.2 Å². The quantitative estimate of drug-likeness (QED) is 0.253. The van der Waals surface area contributed by atoms with Crippen molar-refractivity contribution in [3.8, 4) is 0 Å². The summed E-state index contributed by atoms with van der Waals surface area (Å²) in [6, 6.07) is 0.563. The van der Waals surface area contributed by atoms with E-state index in [4.69, 9.17) is 4.84 Å². The average Bonchev–Trinajstić information content (AvgIpc) is 2.33. The monoisotopic (exact) mass is 292 g/mol. The van der Waals surface area contributed by atoms with Crippen LogP contribution in [0.1, 0.15) is 46.5 Å². The Morgan fingerprint density at radius 3 is 2.47 bits per heavy atom. The van der Waals surface area contributed by atoms with Crippen LogP contribution in [0, 0.1) is 0 Å². The number of nitrogens with zero attached hydrogens (tertiary/aromatic N) is 1. The minimum Gasteiger partial charge on any atom is -1.00 e. The molecular weight excluding hydrogens is 260 g/mol. The molecule has 0 aliphatic rings. The molecule has 0 aliphatic heterocycles. The Morgan fingerprint density at radius 2 is 1.89 bits per heavy atom. The minimum absolute atomic E-state index is 0. The van der Waals surface area contributed by atoms with Crippen LogP contribution in [0.2, 0.25) is 0 Å². The minimum atomic E-state index is 0. The Morgan fingerprint density at radius 1 is 1.21 bits per heavy atom. The molecule has 0 spiro atoms. The van der Waals surface area contributed by atoms with Crippen molar-refractivity contribution in [3.63, 3.8) is 0 Å². The molecule has 0 fully saturated rings. The maximum atomic E-state index is 5.44. The predicted molar refractivity (Wildman–Crippen MR) is 79.3 cm³/mol. The smallest absolute Gasteiger partial charge is 0.104 e. The first-order valence-electron chi connectivity index (χ1n) is 7.34. The predicted octanol–water partition coefficient (Wildman–Crippen LogP) is 0.133. The fourth-order valence-corrected chi connectivity index (χ4v) is 1.85. The van der Waals surface area contributed by atoms with Gasteiger partial charge in [0.25, 0.3) is 0 Å². The first-order chi connectivity index (χ1) is 8.54. The summed E-state index contributed by atoms with van der Waals surface area (Å²) in [5, 5.41) is 0. The van der Waals surface area contributed by atoms with E-state index >= 15 is 0 Å². The fraction of sp³-hybridized carbons (Fsp3) is 0.867. The summed E-state index contributed by atoms with van der Waals surface area (Å²) in [6.45, 7) is 9.48. The lowest BCUT2D eigenvalue weighted by Crippen LogP contribution is -3.00. The van der Waals surface area contributed by atoms with Crippen LogP contribution in [0.25, 0.3) is 0 Å². The molecule has 116 valence electrons. The highest BCUT2D eigenvalue weighted by atomic mass is 35.5. The number of unbranched alkanes of at least 4 members (excludes halogenated alkanes) is 2. The van der Waals surface area contributed by atoms with Gasteiger partial charge in [-0.15, -0.1) is 0 Å². The van der Waals surface area contributed by atoms with Gasteiger partial charge in [0.1, 0.15) is 6.04 Å². The van der Waals surface area contributed by atoms with Crippen molar-refractivity contribution < 1.29 is 21.7 Å². The summed E-state index contributed by atoms with van der Waals surface area (Å²) in [5.41, 5.74) is 3.04. The van der Waals surface area contributed by atoms with Gasteiger partial charge in [-0.05, 0) is 26.3 Å². The number of hydroxylamine groups is 1. The zero-order chi connectivity index (χ0) is 13.9. The third kappa shape index (κ3) is 11.4. The highest BCUT2D eigenvalue weighted by Gasteiger charge is 2.20. The highest BCUT2D eigenvalue weighted by Crippen LogP contribution is 2.08. The molecule has 1 unspecified atom stereocenters. The van der Waals surface area contributed by atoms with Crippen LogP contribution in [-0.2, 0) is 4.84 Å². The summed E-state index contributed by atoms with van der Waals surface area (Å²) in [4.78, 5) is 5.44. The molecule has 1 N–H and O–H groups in total. The van der Waals surface area contributed by atoms with Crippen LogP contribution in [-0.4, -0.2) is 44.3 Å². The van der Waals surface area contributed by atoms with E-state index in [-0.39, 0.29) is 12.4 Å². The molecule has 3 nitrogen and oxygen atoms in total. The number of halogens is 1. The number of allylic oxidation sites excluding steroid dienone is 1. The van der Waals surface area contributed by atoms with E-state index in [1.54, 1.807) is 0 Å². The molecule has 0 rings (SSSR count). The molecule has 19 heavy (non-hydrogen) atoms. The molecule has 0 aromatic rings. The number of nitrogens with one attached hydrogen (secondary N) is 1. The number of rotatable bonds is 11. The summed E-state index contributed by atoms with van der Waals surface area (Å²) in [5.74, 6) is 0. The second kappa shape index (κ2) is 12.9. The Labute approximate surface area is 126 Å². The second-order valence-corrected chi connectivity index (χ2v) is 5.57. The van der Waals surface area contributed by atoms with Crippen LogP contribution >= 0.6 is 0 Å². The van der Waals surface area contributed by atoms with Crippen molar-refractivity contribution in [1.29, 1.82) is 0 Å². The molecule has 1 atom stereocenters. The van der Waals surface area contributed by atoms with Crippen molar-refractivity contribution in [2.45, 2.75) is 52.5 Å². The molecule has 0 bridgehead atoms. The van der Waals surface area contributed by atoms with Crippen LogP contribution in [0.4, 0.5) is 0 Å². The van der Waals surface area contributed by atoms with Crippen molar-refractivity contribution in [2.75, 3.05) is 33.8 Å². The van der Waals surface area contributed by atoms with Gasteiger partial charge in [0.15, 0.2) is 0 Å². The lowest BCUT2D eigenvalue weighted by molar-refractivity contribution is -0.906. The molecule has 0 aromatic carbocycles. The lowest BCUT2D eigenvalue weighted by atomic mass is 10.2. The average molecular weight is 293 g/mol. The molecule has 0 saturated heterocycles. The second-order valence-electron chi connectivity index (χ2n) is 5.57. The van der Waals surface area contributed by atoms with Crippen LogP contribution in [0.5, 0.6) is 0 Å². The van der Waals surface area contributed by atoms with Gasteiger partial charge in [-0.2, -0.15) is 0 Å². The van der Waals surface area contributed by atoms with Gasteiger partial charge in [-0.1, -0.05) is 25.8 Å². The molecule has 0 aromatic heterocycles. The van der Waals surface area contributed by atoms with E-state index in [9.17, 15) is 0 Å².